The Kier molecular flexibility index (Phi) is 3.31. The van der Waals surface area contributed by atoms with Crippen molar-refractivity contribution in [3.8, 4) is 0 Å². The molecule has 0 radical (unpaired) electrons. The molecule has 0 amide bonds. The molecule has 1 aromatic rings. The molecule has 7 heteroatoms. The molecule has 0 spiro atoms. The van der Waals surface area contributed by atoms with Crippen molar-refractivity contribution < 1.29 is 22.8 Å². The highest BCUT2D eigenvalue weighted by Gasteiger charge is 2.58. The number of fused-ring (bicyclic) bond motifs is 1. The van der Waals surface area contributed by atoms with Gasteiger partial charge in [0, 0.05) is 6.42 Å². The molecule has 2 heterocycles. The van der Waals surface area contributed by atoms with Crippen molar-refractivity contribution in [1.82, 2.24) is 5.06 Å². The zero-order valence-corrected chi connectivity index (χ0v) is 12.7. The molecular weight excluding hydrogens is 294 g/mol. The standard InChI is InChI=1S/C14H17NO5S/c1-10-9-19-13(16)14(2)8-12(20-15(10)14)21(17,18)11-6-4-3-5-7-11/h3-7,10,12H,8-9H2,1-2H3/t10-,12-,14-/m1/s1. The number of hydroxylamine groups is 2. The van der Waals surface area contributed by atoms with Gasteiger partial charge in [-0.15, -0.1) is 0 Å². The number of hydrogen-bond acceptors (Lipinski definition) is 6. The van der Waals surface area contributed by atoms with Gasteiger partial charge in [-0.1, -0.05) is 18.2 Å². The lowest BCUT2D eigenvalue weighted by Gasteiger charge is -2.38. The van der Waals surface area contributed by atoms with Crippen LogP contribution in [0.25, 0.3) is 0 Å². The Hall–Kier alpha value is -1.44. The van der Waals surface area contributed by atoms with E-state index >= 15 is 0 Å². The monoisotopic (exact) mass is 311 g/mol. The average molecular weight is 311 g/mol. The maximum atomic E-state index is 12.6. The van der Waals surface area contributed by atoms with E-state index in [1.807, 2.05) is 6.92 Å². The third-order valence-corrected chi connectivity index (χ3v) is 5.87. The van der Waals surface area contributed by atoms with Gasteiger partial charge >= 0.3 is 5.97 Å². The lowest BCUT2D eigenvalue weighted by molar-refractivity contribution is -0.234. The lowest BCUT2D eigenvalue weighted by atomic mass is 9.96. The molecule has 3 atom stereocenters. The molecule has 0 unspecified atom stereocenters. The number of ether oxygens (including phenoxy) is 1. The average Bonchev–Trinajstić information content (AvgIpc) is 2.85. The number of benzene rings is 1. The third-order valence-electron chi connectivity index (χ3n) is 4.00. The summed E-state index contributed by atoms with van der Waals surface area (Å²) in [5, 5.41) is 1.48. The van der Waals surface area contributed by atoms with Crippen molar-refractivity contribution in [2.24, 2.45) is 0 Å². The fraction of sp³-hybridized carbons (Fsp3) is 0.500. The Bertz CT molecular complexity index is 659. The lowest BCUT2D eigenvalue weighted by Crippen LogP contribution is -2.57. The van der Waals surface area contributed by atoms with Crippen LogP contribution in [0.15, 0.2) is 35.2 Å². The van der Waals surface area contributed by atoms with Crippen molar-refractivity contribution >= 4 is 15.8 Å². The highest BCUT2D eigenvalue weighted by molar-refractivity contribution is 7.92. The number of cyclic esters (lactones) is 1. The van der Waals surface area contributed by atoms with E-state index in [-0.39, 0.29) is 24.0 Å². The van der Waals surface area contributed by atoms with Gasteiger partial charge < -0.3 is 4.74 Å². The van der Waals surface area contributed by atoms with Gasteiger partial charge in [0.05, 0.1) is 10.9 Å². The zero-order chi connectivity index (χ0) is 15.3. The minimum atomic E-state index is -3.65. The number of sulfone groups is 1. The minimum Gasteiger partial charge on any atom is -0.462 e. The summed E-state index contributed by atoms with van der Waals surface area (Å²) in [6.07, 6.45) is 0.0629. The van der Waals surface area contributed by atoms with Gasteiger partial charge in [0.15, 0.2) is 5.44 Å². The van der Waals surface area contributed by atoms with Crippen molar-refractivity contribution in [2.45, 2.75) is 42.2 Å². The number of carbonyl (C=O) groups excluding carboxylic acids is 1. The summed E-state index contributed by atoms with van der Waals surface area (Å²) < 4.78 is 30.4. The van der Waals surface area contributed by atoms with Crippen LogP contribution in [0.2, 0.25) is 0 Å². The molecular formula is C14H17NO5S. The molecule has 0 aliphatic carbocycles. The number of carbonyl (C=O) groups is 1. The highest BCUT2D eigenvalue weighted by Crippen LogP contribution is 2.40. The van der Waals surface area contributed by atoms with Crippen LogP contribution in [0.5, 0.6) is 0 Å². The highest BCUT2D eigenvalue weighted by atomic mass is 32.2. The van der Waals surface area contributed by atoms with E-state index in [4.69, 9.17) is 9.57 Å². The van der Waals surface area contributed by atoms with Crippen LogP contribution in [0.3, 0.4) is 0 Å². The number of rotatable bonds is 2. The maximum Gasteiger partial charge on any atom is 0.328 e. The quantitative estimate of drug-likeness (QED) is 0.762. The molecule has 0 aromatic heterocycles. The fourth-order valence-corrected chi connectivity index (χ4v) is 4.40. The first-order chi connectivity index (χ1) is 9.85. The van der Waals surface area contributed by atoms with Gasteiger partial charge in [-0.3, -0.25) is 4.84 Å². The summed E-state index contributed by atoms with van der Waals surface area (Å²) >= 11 is 0. The Morgan fingerprint density at radius 3 is 2.57 bits per heavy atom. The van der Waals surface area contributed by atoms with E-state index in [2.05, 4.69) is 0 Å². The number of esters is 1. The van der Waals surface area contributed by atoms with Crippen LogP contribution in [0.4, 0.5) is 0 Å². The van der Waals surface area contributed by atoms with E-state index in [1.165, 1.54) is 17.2 Å². The number of nitrogens with zero attached hydrogens (tertiary/aromatic N) is 1. The molecule has 2 fully saturated rings. The minimum absolute atomic E-state index is 0.0629. The molecule has 0 N–H and O–H groups in total. The van der Waals surface area contributed by atoms with Crippen molar-refractivity contribution in [2.75, 3.05) is 6.61 Å². The van der Waals surface area contributed by atoms with Crippen LogP contribution in [-0.4, -0.2) is 43.1 Å². The topological polar surface area (TPSA) is 72.9 Å². The van der Waals surface area contributed by atoms with E-state index in [9.17, 15) is 13.2 Å². The Balaban J connectivity index is 1.95. The van der Waals surface area contributed by atoms with Crippen LogP contribution in [0.1, 0.15) is 20.3 Å². The van der Waals surface area contributed by atoms with Crippen molar-refractivity contribution in [3.05, 3.63) is 30.3 Å². The van der Waals surface area contributed by atoms with Crippen LogP contribution >= 0.6 is 0 Å². The first-order valence-electron chi connectivity index (χ1n) is 6.78. The first-order valence-corrected chi connectivity index (χ1v) is 8.32. The largest absolute Gasteiger partial charge is 0.462 e. The normalized spacial score (nSPS) is 33.5. The van der Waals surface area contributed by atoms with Crippen LogP contribution in [-0.2, 0) is 24.2 Å². The van der Waals surface area contributed by atoms with Gasteiger partial charge in [0.25, 0.3) is 0 Å². The molecule has 1 aromatic carbocycles. The summed E-state index contributed by atoms with van der Waals surface area (Å²) in [5.41, 5.74) is -2.12. The third kappa shape index (κ3) is 2.16. The Morgan fingerprint density at radius 1 is 1.29 bits per heavy atom. The number of hydrogen-bond donors (Lipinski definition) is 0. The molecule has 3 rings (SSSR count). The zero-order valence-electron chi connectivity index (χ0n) is 11.9. The maximum absolute atomic E-state index is 12.6. The molecule has 6 nitrogen and oxygen atoms in total. The van der Waals surface area contributed by atoms with E-state index in [0.717, 1.165) is 0 Å². The molecule has 2 saturated heterocycles. The predicted molar refractivity (Wildman–Crippen MR) is 73.8 cm³/mol. The van der Waals surface area contributed by atoms with Crippen molar-refractivity contribution in [3.63, 3.8) is 0 Å². The van der Waals surface area contributed by atoms with E-state index in [1.54, 1.807) is 25.1 Å². The smallest absolute Gasteiger partial charge is 0.328 e. The fourth-order valence-electron chi connectivity index (χ4n) is 2.81. The van der Waals surface area contributed by atoms with Gasteiger partial charge in [-0.2, -0.15) is 5.06 Å². The molecule has 21 heavy (non-hydrogen) atoms. The molecule has 2 aliphatic heterocycles. The van der Waals surface area contributed by atoms with Gasteiger partial charge in [0.1, 0.15) is 12.1 Å². The predicted octanol–water partition coefficient (Wildman–Crippen LogP) is 1.13. The van der Waals surface area contributed by atoms with E-state index in [0.29, 0.717) is 0 Å². The molecule has 0 bridgehead atoms. The summed E-state index contributed by atoms with van der Waals surface area (Å²) in [5.74, 6) is -0.439. The van der Waals surface area contributed by atoms with Gasteiger partial charge in [-0.05, 0) is 26.0 Å². The second kappa shape index (κ2) is 4.79. The van der Waals surface area contributed by atoms with Gasteiger partial charge in [-0.25, -0.2) is 13.2 Å². The SMILES string of the molecule is C[C@@H]1COC(=O)[C@@]2(C)C[C@@H](S(=O)(=O)c3ccccc3)ON12. The second-order valence-electron chi connectivity index (χ2n) is 5.64. The van der Waals surface area contributed by atoms with E-state index < -0.39 is 26.8 Å². The number of morpholine rings is 1. The Morgan fingerprint density at radius 2 is 1.95 bits per heavy atom. The van der Waals surface area contributed by atoms with Gasteiger partial charge in [0.2, 0.25) is 9.84 Å². The van der Waals surface area contributed by atoms with Crippen LogP contribution in [0, 0.1) is 0 Å². The molecule has 0 saturated carbocycles. The van der Waals surface area contributed by atoms with Crippen molar-refractivity contribution in [1.29, 1.82) is 0 Å². The molecule has 114 valence electrons. The summed E-state index contributed by atoms with van der Waals surface area (Å²) in [7, 11) is -3.65. The first kappa shape index (κ1) is 14.5. The Labute approximate surface area is 123 Å². The van der Waals surface area contributed by atoms with Crippen LogP contribution < -0.4 is 0 Å². The second-order valence-corrected chi connectivity index (χ2v) is 7.73. The summed E-state index contributed by atoms with van der Waals surface area (Å²) in [4.78, 5) is 17.8. The summed E-state index contributed by atoms with van der Waals surface area (Å²) in [6, 6.07) is 7.95. The molecule has 2 aliphatic rings. The summed E-state index contributed by atoms with van der Waals surface area (Å²) in [6.45, 7) is 3.69.